The number of hydrogen-bond donors (Lipinski definition) is 1. The predicted molar refractivity (Wildman–Crippen MR) is 61.4 cm³/mol. The maximum atomic E-state index is 13.5. The van der Waals surface area contributed by atoms with Crippen LogP contribution in [0.15, 0.2) is 18.2 Å². The van der Waals surface area contributed by atoms with Gasteiger partial charge in [0, 0.05) is 6.04 Å². The number of nitrogens with two attached hydrogens (primary N) is 1. The number of benzene rings is 1. The van der Waals surface area contributed by atoms with E-state index in [1.165, 1.54) is 12.1 Å². The summed E-state index contributed by atoms with van der Waals surface area (Å²) in [4.78, 5) is 0. The summed E-state index contributed by atoms with van der Waals surface area (Å²) >= 11 is 0. The number of hydrogen-bond acceptors (Lipinski definition) is 3. The topological polar surface area (TPSA) is 44.5 Å². The fourth-order valence-electron chi connectivity index (χ4n) is 1.32. The van der Waals surface area contributed by atoms with Gasteiger partial charge in [-0.05, 0) is 24.6 Å². The number of halogens is 4. The number of rotatable bonds is 6. The third kappa shape index (κ3) is 5.89. The SMILES string of the molecule is C[C@H](N)c1ccc(OCCOCC(F)(F)F)c(F)c1. The van der Waals surface area contributed by atoms with Gasteiger partial charge >= 0.3 is 6.18 Å². The third-order valence-electron chi connectivity index (χ3n) is 2.23. The van der Waals surface area contributed by atoms with Crippen LogP contribution < -0.4 is 10.5 Å². The van der Waals surface area contributed by atoms with E-state index in [0.717, 1.165) is 0 Å². The lowest BCUT2D eigenvalue weighted by Crippen LogP contribution is -2.19. The van der Waals surface area contributed by atoms with Gasteiger partial charge in [0.2, 0.25) is 0 Å². The smallest absolute Gasteiger partial charge is 0.411 e. The van der Waals surface area contributed by atoms with E-state index in [-0.39, 0.29) is 25.0 Å². The summed E-state index contributed by atoms with van der Waals surface area (Å²) in [5.74, 6) is -0.648. The van der Waals surface area contributed by atoms with Gasteiger partial charge in [-0.3, -0.25) is 0 Å². The Morgan fingerprint density at radius 1 is 1.26 bits per heavy atom. The zero-order valence-corrected chi connectivity index (χ0v) is 10.3. The Balaban J connectivity index is 2.38. The van der Waals surface area contributed by atoms with Crippen molar-refractivity contribution in [3.05, 3.63) is 29.6 Å². The zero-order valence-electron chi connectivity index (χ0n) is 10.3. The first-order valence-electron chi connectivity index (χ1n) is 5.62. The molecule has 0 aliphatic rings. The van der Waals surface area contributed by atoms with E-state index in [2.05, 4.69) is 4.74 Å². The highest BCUT2D eigenvalue weighted by atomic mass is 19.4. The van der Waals surface area contributed by atoms with Gasteiger partial charge < -0.3 is 15.2 Å². The second-order valence-electron chi connectivity index (χ2n) is 3.99. The molecule has 3 nitrogen and oxygen atoms in total. The Bertz CT molecular complexity index is 407. The molecule has 7 heteroatoms. The van der Waals surface area contributed by atoms with Crippen LogP contribution in [0, 0.1) is 5.82 Å². The summed E-state index contributed by atoms with van der Waals surface area (Å²) in [7, 11) is 0. The second kappa shape index (κ2) is 6.72. The Morgan fingerprint density at radius 2 is 1.95 bits per heavy atom. The van der Waals surface area contributed by atoms with Crippen molar-refractivity contribution in [1.82, 2.24) is 0 Å². The van der Waals surface area contributed by atoms with Gasteiger partial charge in [-0.15, -0.1) is 0 Å². The Labute approximate surface area is 108 Å². The summed E-state index contributed by atoms with van der Waals surface area (Å²) in [6.45, 7) is -0.0682. The molecule has 0 saturated heterocycles. The minimum Gasteiger partial charge on any atom is -0.488 e. The summed E-state index contributed by atoms with van der Waals surface area (Å²) < 4.78 is 58.1. The monoisotopic (exact) mass is 281 g/mol. The minimum atomic E-state index is -4.37. The molecule has 108 valence electrons. The van der Waals surface area contributed by atoms with Gasteiger partial charge in [0.25, 0.3) is 0 Å². The van der Waals surface area contributed by atoms with Crippen LogP contribution in [0.5, 0.6) is 5.75 Å². The van der Waals surface area contributed by atoms with Crippen molar-refractivity contribution in [2.45, 2.75) is 19.1 Å². The van der Waals surface area contributed by atoms with Gasteiger partial charge in [0.15, 0.2) is 11.6 Å². The lowest BCUT2D eigenvalue weighted by molar-refractivity contribution is -0.175. The average Bonchev–Trinajstić information content (AvgIpc) is 2.28. The summed E-state index contributed by atoms with van der Waals surface area (Å²) in [6.07, 6.45) is -4.37. The number of alkyl halides is 3. The van der Waals surface area contributed by atoms with Crippen molar-refractivity contribution in [2.75, 3.05) is 19.8 Å². The molecule has 0 spiro atoms. The van der Waals surface area contributed by atoms with E-state index in [0.29, 0.717) is 5.56 Å². The van der Waals surface area contributed by atoms with E-state index >= 15 is 0 Å². The first-order valence-corrected chi connectivity index (χ1v) is 5.62. The molecule has 1 rings (SSSR count). The molecular weight excluding hydrogens is 266 g/mol. The summed E-state index contributed by atoms with van der Waals surface area (Å²) in [5, 5.41) is 0. The Hall–Kier alpha value is -1.34. The van der Waals surface area contributed by atoms with Crippen molar-refractivity contribution in [1.29, 1.82) is 0 Å². The third-order valence-corrected chi connectivity index (χ3v) is 2.23. The van der Waals surface area contributed by atoms with E-state index in [1.807, 2.05) is 0 Å². The molecule has 0 radical (unpaired) electrons. The fourth-order valence-corrected chi connectivity index (χ4v) is 1.32. The molecule has 0 aliphatic heterocycles. The van der Waals surface area contributed by atoms with Crippen molar-refractivity contribution in [2.24, 2.45) is 5.73 Å². The minimum absolute atomic E-state index is 0.0417. The molecule has 2 N–H and O–H groups in total. The molecule has 0 bridgehead atoms. The second-order valence-corrected chi connectivity index (χ2v) is 3.99. The van der Waals surface area contributed by atoms with E-state index in [9.17, 15) is 17.6 Å². The molecule has 19 heavy (non-hydrogen) atoms. The van der Waals surface area contributed by atoms with E-state index in [4.69, 9.17) is 10.5 Å². The maximum absolute atomic E-state index is 13.5. The van der Waals surface area contributed by atoms with Crippen LogP contribution in [0.4, 0.5) is 17.6 Å². The molecule has 0 unspecified atom stereocenters. The van der Waals surface area contributed by atoms with Crippen molar-refractivity contribution < 1.29 is 27.0 Å². The first kappa shape index (κ1) is 15.7. The first-order chi connectivity index (χ1) is 8.79. The lowest BCUT2D eigenvalue weighted by Gasteiger charge is -2.11. The van der Waals surface area contributed by atoms with Crippen molar-refractivity contribution in [3.8, 4) is 5.75 Å². The molecule has 0 aliphatic carbocycles. The van der Waals surface area contributed by atoms with Crippen molar-refractivity contribution in [3.63, 3.8) is 0 Å². The zero-order chi connectivity index (χ0) is 14.5. The predicted octanol–water partition coefficient (Wildman–Crippen LogP) is 2.80. The van der Waals surface area contributed by atoms with Crippen molar-refractivity contribution >= 4 is 0 Å². The van der Waals surface area contributed by atoms with Crippen LogP contribution in [-0.2, 0) is 4.74 Å². The molecule has 1 aromatic carbocycles. The largest absolute Gasteiger partial charge is 0.488 e. The van der Waals surface area contributed by atoms with Gasteiger partial charge in [-0.25, -0.2) is 4.39 Å². The van der Waals surface area contributed by atoms with Crippen LogP contribution in [0.2, 0.25) is 0 Å². The molecule has 1 aromatic rings. The average molecular weight is 281 g/mol. The Kier molecular flexibility index (Phi) is 5.56. The van der Waals surface area contributed by atoms with Gasteiger partial charge in [-0.2, -0.15) is 13.2 Å². The van der Waals surface area contributed by atoms with Crippen LogP contribution in [0.3, 0.4) is 0 Å². The fraction of sp³-hybridized carbons (Fsp3) is 0.500. The summed E-state index contributed by atoms with van der Waals surface area (Å²) in [5.41, 5.74) is 6.19. The highest BCUT2D eigenvalue weighted by molar-refractivity contribution is 5.30. The highest BCUT2D eigenvalue weighted by Gasteiger charge is 2.27. The van der Waals surface area contributed by atoms with Gasteiger partial charge in [0.1, 0.15) is 13.2 Å². The van der Waals surface area contributed by atoms with Crippen LogP contribution in [0.1, 0.15) is 18.5 Å². The maximum Gasteiger partial charge on any atom is 0.411 e. The Morgan fingerprint density at radius 3 is 2.47 bits per heavy atom. The molecular formula is C12H15F4NO2. The lowest BCUT2D eigenvalue weighted by atomic mass is 10.1. The standard InChI is InChI=1S/C12H15F4NO2/c1-8(17)9-2-3-11(10(13)6-9)19-5-4-18-7-12(14,15)16/h2-3,6,8H,4-5,7,17H2,1H3/t8-/m0/s1. The van der Waals surface area contributed by atoms with E-state index < -0.39 is 18.6 Å². The van der Waals surface area contributed by atoms with E-state index in [1.54, 1.807) is 13.0 Å². The van der Waals surface area contributed by atoms with Crippen LogP contribution >= 0.6 is 0 Å². The molecule has 0 amide bonds. The molecule has 0 saturated carbocycles. The normalized spacial score (nSPS) is 13.4. The van der Waals surface area contributed by atoms with Crippen LogP contribution in [0.25, 0.3) is 0 Å². The molecule has 0 heterocycles. The molecule has 0 aromatic heterocycles. The quantitative estimate of drug-likeness (QED) is 0.644. The highest BCUT2D eigenvalue weighted by Crippen LogP contribution is 2.21. The summed E-state index contributed by atoms with van der Waals surface area (Å²) in [6, 6.07) is 3.91. The van der Waals surface area contributed by atoms with Crippen LogP contribution in [-0.4, -0.2) is 26.0 Å². The molecule has 0 fully saturated rings. The molecule has 1 atom stereocenters. The van der Waals surface area contributed by atoms with Gasteiger partial charge in [-0.1, -0.05) is 6.07 Å². The van der Waals surface area contributed by atoms with Gasteiger partial charge in [0.05, 0.1) is 6.61 Å². The number of ether oxygens (including phenoxy) is 2.